The Morgan fingerprint density at radius 2 is 1.91 bits per heavy atom. The molecular weight excluding hydrogens is 276 g/mol. The molecule has 1 aromatic rings. The van der Waals surface area contributed by atoms with Gasteiger partial charge in [0.05, 0.1) is 11.7 Å². The zero-order chi connectivity index (χ0) is 15.6. The van der Waals surface area contributed by atoms with Crippen molar-refractivity contribution in [1.82, 2.24) is 4.90 Å². The van der Waals surface area contributed by atoms with E-state index in [1.807, 2.05) is 37.3 Å². The van der Waals surface area contributed by atoms with Crippen LogP contribution in [0.4, 0.5) is 0 Å². The van der Waals surface area contributed by atoms with E-state index in [0.29, 0.717) is 6.04 Å². The summed E-state index contributed by atoms with van der Waals surface area (Å²) in [5.41, 5.74) is 6.59. The molecule has 2 fully saturated rings. The minimum absolute atomic E-state index is 0.120. The van der Waals surface area contributed by atoms with E-state index in [-0.39, 0.29) is 12.1 Å². The maximum absolute atomic E-state index is 10.9. The first-order valence-corrected chi connectivity index (χ1v) is 8.51. The molecule has 0 spiro atoms. The van der Waals surface area contributed by atoms with Gasteiger partial charge in [0.2, 0.25) is 0 Å². The molecule has 0 unspecified atom stereocenters. The Morgan fingerprint density at radius 3 is 2.55 bits per heavy atom. The van der Waals surface area contributed by atoms with Crippen LogP contribution in [0.15, 0.2) is 30.3 Å². The van der Waals surface area contributed by atoms with Crippen molar-refractivity contribution in [3.8, 4) is 0 Å². The summed E-state index contributed by atoms with van der Waals surface area (Å²) in [6.07, 6.45) is 3.87. The van der Waals surface area contributed by atoms with Gasteiger partial charge in [-0.15, -0.1) is 0 Å². The first-order valence-electron chi connectivity index (χ1n) is 8.51. The van der Waals surface area contributed by atoms with Crippen molar-refractivity contribution in [2.75, 3.05) is 19.7 Å². The predicted octanol–water partition coefficient (Wildman–Crippen LogP) is 1.86. The van der Waals surface area contributed by atoms with Crippen molar-refractivity contribution in [2.24, 2.45) is 5.73 Å². The number of rotatable bonds is 4. The Bertz CT molecular complexity index is 471. The third-order valence-electron chi connectivity index (χ3n) is 5.33. The van der Waals surface area contributed by atoms with Gasteiger partial charge >= 0.3 is 0 Å². The minimum atomic E-state index is -0.654. The van der Waals surface area contributed by atoms with Gasteiger partial charge in [0, 0.05) is 31.8 Å². The Hall–Kier alpha value is -0.940. The van der Waals surface area contributed by atoms with Gasteiger partial charge in [-0.25, -0.2) is 0 Å². The van der Waals surface area contributed by atoms with Crippen LogP contribution in [0.2, 0.25) is 0 Å². The molecule has 4 nitrogen and oxygen atoms in total. The molecule has 4 heteroatoms. The fourth-order valence-electron chi connectivity index (χ4n) is 4.00. The van der Waals surface area contributed by atoms with E-state index in [1.54, 1.807) is 0 Å². The van der Waals surface area contributed by atoms with Crippen molar-refractivity contribution in [1.29, 1.82) is 0 Å². The molecule has 0 radical (unpaired) electrons. The highest BCUT2D eigenvalue weighted by Gasteiger charge is 2.40. The SMILES string of the molecule is CCO[C@H]1CN(C2CCC(O)(c3ccccc3)CC2)C[C@@H]1N. The van der Waals surface area contributed by atoms with Crippen molar-refractivity contribution in [3.63, 3.8) is 0 Å². The molecule has 2 atom stereocenters. The van der Waals surface area contributed by atoms with E-state index in [9.17, 15) is 5.11 Å². The van der Waals surface area contributed by atoms with Gasteiger partial charge in [0.25, 0.3) is 0 Å². The molecule has 1 aliphatic carbocycles. The van der Waals surface area contributed by atoms with Gasteiger partial charge in [0.15, 0.2) is 0 Å². The second-order valence-corrected chi connectivity index (χ2v) is 6.74. The van der Waals surface area contributed by atoms with E-state index >= 15 is 0 Å². The molecule has 1 saturated carbocycles. The Kier molecular flexibility index (Phi) is 4.83. The molecule has 0 bridgehead atoms. The van der Waals surface area contributed by atoms with E-state index in [4.69, 9.17) is 10.5 Å². The number of nitrogens with zero attached hydrogens (tertiary/aromatic N) is 1. The monoisotopic (exact) mass is 304 g/mol. The second kappa shape index (κ2) is 6.67. The summed E-state index contributed by atoms with van der Waals surface area (Å²) in [7, 11) is 0. The number of likely N-dealkylation sites (tertiary alicyclic amines) is 1. The maximum Gasteiger partial charge on any atom is 0.0897 e. The summed E-state index contributed by atoms with van der Waals surface area (Å²) in [6, 6.07) is 10.7. The number of hydrogen-bond acceptors (Lipinski definition) is 4. The average Bonchev–Trinajstić information content (AvgIpc) is 2.90. The molecule has 1 aliphatic heterocycles. The standard InChI is InChI=1S/C18H28N2O2/c1-2-22-17-13-20(12-16(17)19)15-8-10-18(21,11-9-15)14-6-4-3-5-7-14/h3-7,15-17,21H,2,8-13,19H2,1H3/t15?,16-,17-,18?/m0/s1. The maximum atomic E-state index is 10.9. The van der Waals surface area contributed by atoms with E-state index < -0.39 is 5.60 Å². The van der Waals surface area contributed by atoms with Gasteiger partial charge in [-0.05, 0) is 38.2 Å². The van der Waals surface area contributed by atoms with Crippen LogP contribution >= 0.6 is 0 Å². The summed E-state index contributed by atoms with van der Waals surface area (Å²) in [6.45, 7) is 4.60. The fraction of sp³-hybridized carbons (Fsp3) is 0.667. The van der Waals surface area contributed by atoms with Crippen LogP contribution in [0.5, 0.6) is 0 Å². The molecule has 0 aromatic heterocycles. The molecule has 122 valence electrons. The highest BCUT2D eigenvalue weighted by atomic mass is 16.5. The van der Waals surface area contributed by atoms with Gasteiger partial charge in [-0.2, -0.15) is 0 Å². The largest absolute Gasteiger partial charge is 0.385 e. The van der Waals surface area contributed by atoms with Crippen LogP contribution in [0, 0.1) is 0 Å². The number of benzene rings is 1. The zero-order valence-electron chi connectivity index (χ0n) is 13.4. The summed E-state index contributed by atoms with van der Waals surface area (Å²) < 4.78 is 5.73. The summed E-state index contributed by atoms with van der Waals surface area (Å²) in [5, 5.41) is 10.9. The normalized spacial score (nSPS) is 36.6. The number of aliphatic hydroxyl groups is 1. The Labute approximate surface area is 133 Å². The Balaban J connectivity index is 1.58. The smallest absolute Gasteiger partial charge is 0.0897 e. The molecule has 22 heavy (non-hydrogen) atoms. The highest BCUT2D eigenvalue weighted by molar-refractivity contribution is 5.23. The number of hydrogen-bond donors (Lipinski definition) is 2. The average molecular weight is 304 g/mol. The van der Waals surface area contributed by atoms with Gasteiger partial charge in [0.1, 0.15) is 0 Å². The molecule has 3 rings (SSSR count). The van der Waals surface area contributed by atoms with Crippen LogP contribution in [0.3, 0.4) is 0 Å². The van der Waals surface area contributed by atoms with E-state index in [1.165, 1.54) is 0 Å². The second-order valence-electron chi connectivity index (χ2n) is 6.74. The van der Waals surface area contributed by atoms with Crippen molar-refractivity contribution < 1.29 is 9.84 Å². The number of ether oxygens (including phenoxy) is 1. The van der Waals surface area contributed by atoms with Crippen LogP contribution in [-0.4, -0.2) is 47.9 Å². The zero-order valence-corrected chi connectivity index (χ0v) is 13.4. The molecule has 1 saturated heterocycles. The third kappa shape index (κ3) is 3.20. The van der Waals surface area contributed by atoms with Gasteiger partial charge in [-0.1, -0.05) is 30.3 Å². The van der Waals surface area contributed by atoms with Crippen molar-refractivity contribution in [2.45, 2.75) is 56.4 Å². The predicted molar refractivity (Wildman–Crippen MR) is 87.6 cm³/mol. The van der Waals surface area contributed by atoms with Crippen molar-refractivity contribution in [3.05, 3.63) is 35.9 Å². The molecule has 0 amide bonds. The molecule has 1 aromatic carbocycles. The number of nitrogens with two attached hydrogens (primary N) is 1. The molecular formula is C18H28N2O2. The summed E-state index contributed by atoms with van der Waals surface area (Å²) in [5.74, 6) is 0. The van der Waals surface area contributed by atoms with Gasteiger partial charge < -0.3 is 15.6 Å². The topological polar surface area (TPSA) is 58.7 Å². The van der Waals surface area contributed by atoms with E-state index in [2.05, 4.69) is 4.90 Å². The van der Waals surface area contributed by atoms with Crippen LogP contribution in [0.25, 0.3) is 0 Å². The van der Waals surface area contributed by atoms with Crippen LogP contribution in [0.1, 0.15) is 38.2 Å². The van der Waals surface area contributed by atoms with Crippen LogP contribution < -0.4 is 5.73 Å². The highest BCUT2D eigenvalue weighted by Crippen LogP contribution is 2.39. The minimum Gasteiger partial charge on any atom is -0.385 e. The third-order valence-corrected chi connectivity index (χ3v) is 5.33. The van der Waals surface area contributed by atoms with Crippen LogP contribution in [-0.2, 0) is 10.3 Å². The summed E-state index contributed by atoms with van der Waals surface area (Å²) in [4.78, 5) is 2.47. The lowest BCUT2D eigenvalue weighted by atomic mass is 9.77. The molecule has 1 heterocycles. The van der Waals surface area contributed by atoms with Crippen molar-refractivity contribution >= 4 is 0 Å². The fourth-order valence-corrected chi connectivity index (χ4v) is 4.00. The molecule has 2 aliphatic rings. The van der Waals surface area contributed by atoms with Gasteiger partial charge in [-0.3, -0.25) is 4.90 Å². The van der Waals surface area contributed by atoms with E-state index in [0.717, 1.165) is 50.9 Å². The summed E-state index contributed by atoms with van der Waals surface area (Å²) >= 11 is 0. The molecule has 3 N–H and O–H groups in total. The first-order chi connectivity index (χ1) is 10.6. The Morgan fingerprint density at radius 1 is 1.23 bits per heavy atom. The quantitative estimate of drug-likeness (QED) is 0.891. The lowest BCUT2D eigenvalue weighted by molar-refractivity contribution is -0.0246. The first kappa shape index (κ1) is 15.9. The lowest BCUT2D eigenvalue weighted by Crippen LogP contribution is -2.42. The lowest BCUT2D eigenvalue weighted by Gasteiger charge is -2.40.